The van der Waals surface area contributed by atoms with Gasteiger partial charge in [0.05, 0.1) is 12.8 Å². The Morgan fingerprint density at radius 1 is 0.690 bits per heavy atom. The molecule has 4 nitrogen and oxygen atoms in total. The summed E-state index contributed by atoms with van der Waals surface area (Å²) in [5, 5.41) is 8.27. The third-order valence-electron chi connectivity index (χ3n) is 3.35. The SMILES string of the molecule is CC(=O)CC(=O)Cc1cc(F)c(F)cc1F.O=C(O)Cc1cc(F)c(F)cc1F. The zero-order chi connectivity index (χ0) is 22.3. The van der Waals surface area contributed by atoms with E-state index in [1.54, 1.807) is 0 Å². The molecule has 0 bridgehead atoms. The average molecular weight is 420 g/mol. The van der Waals surface area contributed by atoms with Crippen LogP contribution in [0.5, 0.6) is 0 Å². The van der Waals surface area contributed by atoms with E-state index in [0.717, 1.165) is 0 Å². The van der Waals surface area contributed by atoms with Crippen molar-refractivity contribution in [2.24, 2.45) is 0 Å². The third kappa shape index (κ3) is 7.76. The van der Waals surface area contributed by atoms with E-state index < -0.39 is 59.5 Å². The van der Waals surface area contributed by atoms with E-state index in [0.29, 0.717) is 24.3 Å². The van der Waals surface area contributed by atoms with Gasteiger partial charge in [-0.1, -0.05) is 0 Å². The number of carboxylic acids is 1. The second kappa shape index (κ2) is 10.4. The van der Waals surface area contributed by atoms with Crippen molar-refractivity contribution in [1.29, 1.82) is 0 Å². The lowest BCUT2D eigenvalue weighted by atomic mass is 10.0. The van der Waals surface area contributed by atoms with Gasteiger partial charge in [-0.3, -0.25) is 14.4 Å². The van der Waals surface area contributed by atoms with Crippen molar-refractivity contribution >= 4 is 17.5 Å². The first kappa shape index (κ1) is 23.9. The molecule has 2 rings (SSSR count). The molecular formula is C19H14F6O4. The molecule has 0 aliphatic carbocycles. The molecular weight excluding hydrogens is 406 g/mol. The number of halogens is 6. The monoisotopic (exact) mass is 420 g/mol. The molecule has 2 aromatic carbocycles. The average Bonchev–Trinajstić information content (AvgIpc) is 2.57. The maximum absolute atomic E-state index is 13.1. The summed E-state index contributed by atoms with van der Waals surface area (Å²) >= 11 is 0. The molecule has 0 spiro atoms. The minimum absolute atomic E-state index is 0.245. The molecule has 0 radical (unpaired) electrons. The fourth-order valence-electron chi connectivity index (χ4n) is 2.11. The molecule has 0 aliphatic heterocycles. The third-order valence-corrected chi connectivity index (χ3v) is 3.35. The molecule has 0 saturated heterocycles. The first-order chi connectivity index (χ1) is 13.4. The highest BCUT2D eigenvalue weighted by Crippen LogP contribution is 2.15. The zero-order valence-electron chi connectivity index (χ0n) is 14.9. The van der Waals surface area contributed by atoms with Crippen molar-refractivity contribution in [3.05, 3.63) is 70.3 Å². The molecule has 0 fully saturated rings. The second-order valence-electron chi connectivity index (χ2n) is 5.88. The summed E-state index contributed by atoms with van der Waals surface area (Å²) in [7, 11) is 0. The molecule has 1 N–H and O–H groups in total. The smallest absolute Gasteiger partial charge is 0.307 e. The van der Waals surface area contributed by atoms with E-state index in [1.165, 1.54) is 6.92 Å². The van der Waals surface area contributed by atoms with Crippen LogP contribution in [0.25, 0.3) is 0 Å². The molecule has 0 saturated carbocycles. The molecule has 0 atom stereocenters. The number of rotatable bonds is 6. The standard InChI is InChI=1S/C11H9F3O2.C8H5F3O2/c1-6(15)2-8(16)3-7-4-10(13)11(14)5-9(7)12;9-5-3-7(11)6(10)1-4(5)2-8(12)13/h4-5H,2-3H2,1H3;1,3H,2H2,(H,12,13). The van der Waals surface area contributed by atoms with Crippen molar-refractivity contribution in [2.45, 2.75) is 26.2 Å². The summed E-state index contributed by atoms with van der Waals surface area (Å²) in [6.45, 7) is 1.22. The van der Waals surface area contributed by atoms with E-state index in [-0.39, 0.29) is 23.3 Å². The van der Waals surface area contributed by atoms with Crippen molar-refractivity contribution < 1.29 is 45.8 Å². The summed E-state index contributed by atoms with van der Waals surface area (Å²) in [6, 6.07) is 1.88. The quantitative estimate of drug-likeness (QED) is 0.437. The molecule has 0 aromatic heterocycles. The number of aliphatic carboxylic acids is 1. The Bertz CT molecular complexity index is 943. The van der Waals surface area contributed by atoms with Gasteiger partial charge < -0.3 is 5.11 Å². The minimum Gasteiger partial charge on any atom is -0.481 e. The van der Waals surface area contributed by atoms with E-state index in [1.807, 2.05) is 0 Å². The zero-order valence-corrected chi connectivity index (χ0v) is 14.9. The fourth-order valence-corrected chi connectivity index (χ4v) is 2.11. The van der Waals surface area contributed by atoms with Crippen molar-refractivity contribution in [3.8, 4) is 0 Å². The van der Waals surface area contributed by atoms with Gasteiger partial charge in [-0.25, -0.2) is 26.3 Å². The molecule has 0 amide bonds. The van der Waals surface area contributed by atoms with Crippen LogP contribution >= 0.6 is 0 Å². The van der Waals surface area contributed by atoms with Gasteiger partial charge in [0.15, 0.2) is 23.3 Å². The predicted molar refractivity (Wildman–Crippen MR) is 88.0 cm³/mol. The van der Waals surface area contributed by atoms with Crippen LogP contribution in [0, 0.1) is 34.9 Å². The van der Waals surface area contributed by atoms with E-state index in [4.69, 9.17) is 5.11 Å². The number of hydrogen-bond donors (Lipinski definition) is 1. The van der Waals surface area contributed by atoms with Crippen molar-refractivity contribution in [1.82, 2.24) is 0 Å². The summed E-state index contributed by atoms with van der Waals surface area (Å²) < 4.78 is 75.9. The van der Waals surface area contributed by atoms with Gasteiger partial charge >= 0.3 is 5.97 Å². The van der Waals surface area contributed by atoms with Gasteiger partial charge in [0, 0.05) is 24.1 Å². The maximum atomic E-state index is 13.1. The molecule has 0 heterocycles. The molecule has 29 heavy (non-hydrogen) atoms. The number of benzene rings is 2. The Balaban J connectivity index is 0.000000296. The normalized spacial score (nSPS) is 10.2. The highest BCUT2D eigenvalue weighted by Gasteiger charge is 2.14. The Kier molecular flexibility index (Phi) is 8.56. The van der Waals surface area contributed by atoms with Gasteiger partial charge in [-0.15, -0.1) is 0 Å². The first-order valence-electron chi connectivity index (χ1n) is 7.90. The Morgan fingerprint density at radius 3 is 1.45 bits per heavy atom. The van der Waals surface area contributed by atoms with Gasteiger partial charge in [-0.2, -0.15) is 0 Å². The molecule has 156 valence electrons. The van der Waals surface area contributed by atoms with E-state index in [2.05, 4.69) is 0 Å². The van der Waals surface area contributed by atoms with E-state index >= 15 is 0 Å². The first-order valence-corrected chi connectivity index (χ1v) is 7.90. The van der Waals surface area contributed by atoms with Crippen molar-refractivity contribution in [2.75, 3.05) is 0 Å². The van der Waals surface area contributed by atoms with Crippen LogP contribution in [0.4, 0.5) is 26.3 Å². The largest absolute Gasteiger partial charge is 0.481 e. The van der Waals surface area contributed by atoms with Crippen LogP contribution < -0.4 is 0 Å². The summed E-state index contributed by atoms with van der Waals surface area (Å²) in [5.74, 6) is -9.33. The van der Waals surface area contributed by atoms with Gasteiger partial charge in [-0.05, 0) is 24.6 Å². The van der Waals surface area contributed by atoms with Crippen LogP contribution in [0.15, 0.2) is 24.3 Å². The topological polar surface area (TPSA) is 71.4 Å². The van der Waals surface area contributed by atoms with Gasteiger partial charge in [0.2, 0.25) is 0 Å². The molecule has 2 aromatic rings. The summed E-state index contributed by atoms with van der Waals surface area (Å²) in [5.41, 5.74) is -0.614. The Morgan fingerprint density at radius 2 is 1.07 bits per heavy atom. The predicted octanol–water partition coefficient (Wildman–Crippen LogP) is 3.93. The highest BCUT2D eigenvalue weighted by atomic mass is 19.2. The van der Waals surface area contributed by atoms with Gasteiger partial charge in [0.25, 0.3) is 0 Å². The highest BCUT2D eigenvalue weighted by molar-refractivity contribution is 5.98. The number of carbonyl (C=O) groups is 3. The molecule has 0 aliphatic rings. The number of carboxylic acid groups (broad SMARTS) is 1. The fraction of sp³-hybridized carbons (Fsp3) is 0.211. The molecule has 0 unspecified atom stereocenters. The second-order valence-corrected chi connectivity index (χ2v) is 5.88. The van der Waals surface area contributed by atoms with Crippen LogP contribution in [-0.4, -0.2) is 22.6 Å². The van der Waals surface area contributed by atoms with Crippen LogP contribution in [0.1, 0.15) is 24.5 Å². The Hall–Kier alpha value is -3.17. The number of ketones is 2. The Labute approximate surface area is 160 Å². The van der Waals surface area contributed by atoms with Crippen LogP contribution in [-0.2, 0) is 27.2 Å². The summed E-state index contributed by atoms with van der Waals surface area (Å²) in [4.78, 5) is 31.9. The molecule has 10 heteroatoms. The lowest BCUT2D eigenvalue weighted by molar-refractivity contribution is -0.136. The van der Waals surface area contributed by atoms with Crippen molar-refractivity contribution in [3.63, 3.8) is 0 Å². The van der Waals surface area contributed by atoms with E-state index in [9.17, 15) is 40.7 Å². The lowest BCUT2D eigenvalue weighted by Crippen LogP contribution is -2.09. The van der Waals surface area contributed by atoms with Crippen LogP contribution in [0.3, 0.4) is 0 Å². The van der Waals surface area contributed by atoms with Gasteiger partial charge in [0.1, 0.15) is 23.2 Å². The summed E-state index contributed by atoms with van der Waals surface area (Å²) in [6.07, 6.45) is -1.41. The number of Topliss-reactive ketones (excluding diaryl/α,β-unsaturated/α-hetero) is 2. The lowest BCUT2D eigenvalue weighted by Gasteiger charge is -2.02. The minimum atomic E-state index is -1.33. The maximum Gasteiger partial charge on any atom is 0.307 e. The number of hydrogen-bond acceptors (Lipinski definition) is 3. The van der Waals surface area contributed by atoms with Crippen LogP contribution in [0.2, 0.25) is 0 Å². The number of carbonyl (C=O) groups excluding carboxylic acids is 2.